The van der Waals surface area contributed by atoms with E-state index in [2.05, 4.69) is 5.32 Å². The second-order valence-corrected chi connectivity index (χ2v) is 6.78. The molecule has 0 spiro atoms. The molecule has 2 aromatic carbocycles. The molecule has 0 fully saturated rings. The number of hydrogen-bond donors (Lipinski definition) is 1. The maximum Gasteiger partial charge on any atom is 0.337 e. The van der Waals surface area contributed by atoms with Crippen LogP contribution < -0.4 is 15.0 Å². The van der Waals surface area contributed by atoms with Crippen LogP contribution in [0.4, 0.5) is 5.69 Å². The number of benzene rings is 2. The first-order chi connectivity index (χ1) is 13.0. The predicted octanol–water partition coefficient (Wildman–Crippen LogP) is 4.23. The minimum absolute atomic E-state index is 0.422. The van der Waals surface area contributed by atoms with E-state index in [0.29, 0.717) is 27.2 Å². The van der Waals surface area contributed by atoms with Crippen LogP contribution in [0, 0.1) is 0 Å². The second-order valence-electron chi connectivity index (χ2n) is 5.96. The summed E-state index contributed by atoms with van der Waals surface area (Å²) in [5, 5.41) is 4.36. The first kappa shape index (κ1) is 19.2. The van der Waals surface area contributed by atoms with E-state index < -0.39 is 12.0 Å². The van der Waals surface area contributed by atoms with Crippen LogP contribution in [-0.4, -0.2) is 25.3 Å². The van der Waals surface area contributed by atoms with Gasteiger partial charge in [0.25, 0.3) is 0 Å². The van der Waals surface area contributed by atoms with Crippen molar-refractivity contribution in [2.45, 2.75) is 13.0 Å². The Hall–Kier alpha value is -2.57. The first-order valence-electron chi connectivity index (χ1n) is 8.25. The number of anilines is 1. The van der Waals surface area contributed by atoms with Gasteiger partial charge in [0.15, 0.2) is 5.11 Å². The molecule has 1 atom stereocenters. The lowest BCUT2D eigenvalue weighted by Gasteiger charge is -2.37. The van der Waals surface area contributed by atoms with Gasteiger partial charge in [-0.05, 0) is 61.1 Å². The molecule has 140 valence electrons. The van der Waals surface area contributed by atoms with Crippen molar-refractivity contribution < 1.29 is 14.3 Å². The number of thiocarbonyl (C=S) groups is 1. The number of hydrogen-bond acceptors (Lipinski definition) is 4. The fraction of sp³-hybridized carbons (Fsp3) is 0.200. The van der Waals surface area contributed by atoms with E-state index in [0.717, 1.165) is 11.3 Å². The Morgan fingerprint density at radius 1 is 1.19 bits per heavy atom. The number of carbonyl (C=O) groups excluding carboxylic acids is 1. The zero-order valence-corrected chi connectivity index (χ0v) is 16.7. The number of carbonyl (C=O) groups is 1. The molecular weight excluding hydrogens is 384 g/mol. The van der Waals surface area contributed by atoms with E-state index >= 15 is 0 Å². The molecule has 7 heteroatoms. The average molecular weight is 403 g/mol. The highest BCUT2D eigenvalue weighted by atomic mass is 35.5. The average Bonchev–Trinajstić information content (AvgIpc) is 2.68. The molecule has 0 saturated heterocycles. The smallest absolute Gasteiger partial charge is 0.337 e. The van der Waals surface area contributed by atoms with E-state index in [1.165, 1.54) is 7.11 Å². The van der Waals surface area contributed by atoms with Crippen LogP contribution in [0.25, 0.3) is 0 Å². The van der Waals surface area contributed by atoms with Gasteiger partial charge in [-0.3, -0.25) is 4.90 Å². The van der Waals surface area contributed by atoms with Crippen molar-refractivity contribution in [1.82, 2.24) is 5.32 Å². The molecule has 0 aliphatic carbocycles. The van der Waals surface area contributed by atoms with Crippen LogP contribution in [0.5, 0.6) is 5.75 Å². The van der Waals surface area contributed by atoms with E-state index in [4.69, 9.17) is 33.3 Å². The summed E-state index contributed by atoms with van der Waals surface area (Å²) in [6.07, 6.45) is 0. The number of esters is 1. The zero-order chi connectivity index (χ0) is 19.6. The van der Waals surface area contributed by atoms with Crippen molar-refractivity contribution >= 4 is 40.6 Å². The van der Waals surface area contributed by atoms with Crippen molar-refractivity contribution in [3.8, 4) is 5.75 Å². The molecule has 0 aromatic heterocycles. The van der Waals surface area contributed by atoms with Gasteiger partial charge in [-0.25, -0.2) is 4.79 Å². The van der Waals surface area contributed by atoms with E-state index in [1.54, 1.807) is 24.1 Å². The number of nitrogens with one attached hydrogen (secondary N) is 1. The lowest BCUT2D eigenvalue weighted by molar-refractivity contribution is -0.136. The number of rotatable bonds is 4. The van der Waals surface area contributed by atoms with Gasteiger partial charge in [-0.2, -0.15) is 0 Å². The quantitative estimate of drug-likeness (QED) is 0.610. The topological polar surface area (TPSA) is 50.8 Å². The molecule has 5 nitrogen and oxygen atoms in total. The minimum atomic E-state index is -0.441. The van der Waals surface area contributed by atoms with Gasteiger partial charge < -0.3 is 14.8 Å². The normalized spacial score (nSPS) is 16.8. The van der Waals surface area contributed by atoms with Crippen LogP contribution in [0.3, 0.4) is 0 Å². The van der Waals surface area contributed by atoms with Gasteiger partial charge in [-0.1, -0.05) is 23.7 Å². The van der Waals surface area contributed by atoms with Crippen LogP contribution in [0.1, 0.15) is 18.5 Å². The SMILES string of the molecule is COC(=O)C1=C(C)N(c2ccc(Cl)cc2)C(=S)NC1c1cccc(OC)c1. The van der Waals surface area contributed by atoms with Gasteiger partial charge in [0.05, 0.1) is 25.8 Å². The monoisotopic (exact) mass is 402 g/mol. The third-order valence-electron chi connectivity index (χ3n) is 4.40. The van der Waals surface area contributed by atoms with Crippen molar-refractivity contribution in [3.63, 3.8) is 0 Å². The Kier molecular flexibility index (Phi) is 5.68. The molecule has 0 bridgehead atoms. The Balaban J connectivity index is 2.12. The molecule has 1 unspecified atom stereocenters. The fourth-order valence-electron chi connectivity index (χ4n) is 3.09. The maximum absolute atomic E-state index is 12.6. The zero-order valence-electron chi connectivity index (χ0n) is 15.2. The van der Waals surface area contributed by atoms with Crippen molar-refractivity contribution in [2.24, 2.45) is 0 Å². The van der Waals surface area contributed by atoms with Crippen molar-refractivity contribution in [1.29, 1.82) is 0 Å². The number of allylic oxidation sites excluding steroid dienone is 1. The highest BCUT2D eigenvalue weighted by Crippen LogP contribution is 2.35. The number of ether oxygens (including phenoxy) is 2. The summed E-state index contributed by atoms with van der Waals surface area (Å²) in [6, 6.07) is 14.3. The molecule has 3 rings (SSSR count). The number of methoxy groups -OCH3 is 2. The molecule has 0 saturated carbocycles. The maximum atomic E-state index is 12.6. The molecule has 1 heterocycles. The number of nitrogens with zero attached hydrogens (tertiary/aromatic N) is 1. The summed E-state index contributed by atoms with van der Waals surface area (Å²) in [7, 11) is 2.97. The number of halogens is 1. The standard InChI is InChI=1S/C20H19ClN2O3S/c1-12-17(19(24)26-3)18(13-5-4-6-16(11-13)25-2)22-20(27)23(12)15-9-7-14(21)8-10-15/h4-11,18H,1-3H3,(H,22,27). The first-order valence-corrected chi connectivity index (χ1v) is 9.04. The molecule has 0 amide bonds. The summed E-state index contributed by atoms with van der Waals surface area (Å²) >= 11 is 11.6. The second kappa shape index (κ2) is 7.98. The summed E-state index contributed by atoms with van der Waals surface area (Å²) in [6.45, 7) is 1.85. The lowest BCUT2D eigenvalue weighted by atomic mass is 9.94. The predicted molar refractivity (Wildman–Crippen MR) is 110 cm³/mol. The van der Waals surface area contributed by atoms with Crippen LogP contribution in [0.15, 0.2) is 59.8 Å². The van der Waals surface area contributed by atoms with E-state index in [1.807, 2.05) is 43.3 Å². The van der Waals surface area contributed by atoms with Crippen LogP contribution >= 0.6 is 23.8 Å². The lowest BCUT2D eigenvalue weighted by Crippen LogP contribution is -2.48. The highest BCUT2D eigenvalue weighted by Gasteiger charge is 2.35. The van der Waals surface area contributed by atoms with E-state index in [-0.39, 0.29) is 0 Å². The molecular formula is C20H19ClN2O3S. The van der Waals surface area contributed by atoms with Gasteiger partial charge in [-0.15, -0.1) is 0 Å². The summed E-state index contributed by atoms with van der Waals surface area (Å²) in [4.78, 5) is 14.4. The molecule has 1 aliphatic rings. The molecule has 27 heavy (non-hydrogen) atoms. The van der Waals surface area contributed by atoms with Crippen molar-refractivity contribution in [2.75, 3.05) is 19.1 Å². The Labute approximate surface area is 168 Å². The molecule has 0 radical (unpaired) electrons. The third kappa shape index (κ3) is 3.77. The Morgan fingerprint density at radius 3 is 2.52 bits per heavy atom. The Morgan fingerprint density at radius 2 is 1.89 bits per heavy atom. The van der Waals surface area contributed by atoms with E-state index in [9.17, 15) is 4.79 Å². The molecule has 1 aliphatic heterocycles. The summed E-state index contributed by atoms with van der Waals surface area (Å²) in [5.41, 5.74) is 2.84. The van der Waals surface area contributed by atoms with Gasteiger partial charge in [0, 0.05) is 16.4 Å². The summed E-state index contributed by atoms with van der Waals surface area (Å²) in [5.74, 6) is 0.275. The minimum Gasteiger partial charge on any atom is -0.497 e. The van der Waals surface area contributed by atoms with Crippen molar-refractivity contribution in [3.05, 3.63) is 70.4 Å². The highest BCUT2D eigenvalue weighted by molar-refractivity contribution is 7.80. The largest absolute Gasteiger partial charge is 0.497 e. The van der Waals surface area contributed by atoms with Gasteiger partial charge in [0.1, 0.15) is 5.75 Å². The van der Waals surface area contributed by atoms with Gasteiger partial charge >= 0.3 is 5.97 Å². The summed E-state index contributed by atoms with van der Waals surface area (Å²) < 4.78 is 10.4. The van der Waals surface area contributed by atoms with Crippen LogP contribution in [0.2, 0.25) is 5.02 Å². The van der Waals surface area contributed by atoms with Gasteiger partial charge in [0.2, 0.25) is 0 Å². The fourth-order valence-corrected chi connectivity index (χ4v) is 3.58. The molecule has 1 N–H and O–H groups in total. The third-order valence-corrected chi connectivity index (χ3v) is 4.95. The van der Waals surface area contributed by atoms with Crippen LogP contribution in [-0.2, 0) is 9.53 Å². The Bertz CT molecular complexity index is 912. The molecule has 2 aromatic rings.